The quantitative estimate of drug-likeness (QED) is 0.523. The number of ether oxygens (including phenoxy) is 2. The zero-order valence-corrected chi connectivity index (χ0v) is 20.9. The summed E-state index contributed by atoms with van der Waals surface area (Å²) in [6, 6.07) is 13.1. The molecule has 2 heterocycles. The van der Waals surface area contributed by atoms with Gasteiger partial charge in [0.1, 0.15) is 0 Å². The molecule has 192 valence electrons. The molecule has 4 rings (SSSR count). The molecule has 3 N–H and O–H groups in total. The number of hydrogen-bond donors (Lipinski definition) is 2. The third-order valence-corrected chi connectivity index (χ3v) is 6.98. The van der Waals surface area contributed by atoms with Crippen molar-refractivity contribution in [2.75, 3.05) is 39.2 Å². The average Bonchev–Trinajstić information content (AvgIpc) is 3.49. The number of methoxy groups -OCH3 is 2. The second-order valence-corrected chi connectivity index (χ2v) is 9.40. The van der Waals surface area contributed by atoms with E-state index in [-0.39, 0.29) is 30.2 Å². The fourth-order valence-electron chi connectivity index (χ4n) is 5.03. The zero-order valence-electron chi connectivity index (χ0n) is 20.9. The van der Waals surface area contributed by atoms with Gasteiger partial charge >= 0.3 is 0 Å². The van der Waals surface area contributed by atoms with Crippen LogP contribution in [0.4, 0.5) is 5.69 Å². The van der Waals surface area contributed by atoms with Crippen LogP contribution in [0.25, 0.3) is 0 Å². The largest absolute Gasteiger partial charge is 0.493 e. The standard InChI is InChI=1S/C27H34N4O5/c1-35-23-9-8-18(14-24(23)36-2)10-12-31-17-20(15-25(31)32)27(34)29-21-6-3-5-19(13-21)16-30-11-4-7-22(30)26(28)33/h3,5-6,8-9,13-14,20,22H,4,7,10-12,15-17H2,1-2H3,(H2,28,33)(H,29,34). The van der Waals surface area contributed by atoms with E-state index in [0.717, 1.165) is 30.5 Å². The molecule has 9 heteroatoms. The van der Waals surface area contributed by atoms with Crippen LogP contribution in [0.3, 0.4) is 0 Å². The van der Waals surface area contributed by atoms with Gasteiger partial charge in [-0.25, -0.2) is 0 Å². The number of nitrogens with two attached hydrogens (primary N) is 1. The molecule has 0 aromatic heterocycles. The van der Waals surface area contributed by atoms with Gasteiger partial charge in [0.15, 0.2) is 11.5 Å². The van der Waals surface area contributed by atoms with Crippen LogP contribution >= 0.6 is 0 Å². The Morgan fingerprint density at radius 1 is 1.08 bits per heavy atom. The third-order valence-electron chi connectivity index (χ3n) is 6.98. The second kappa shape index (κ2) is 11.4. The van der Waals surface area contributed by atoms with Crippen molar-refractivity contribution in [1.82, 2.24) is 9.80 Å². The summed E-state index contributed by atoms with van der Waals surface area (Å²) in [5.74, 6) is 0.439. The van der Waals surface area contributed by atoms with Gasteiger partial charge in [0.25, 0.3) is 0 Å². The molecule has 0 saturated carbocycles. The van der Waals surface area contributed by atoms with Crippen molar-refractivity contribution in [3.8, 4) is 11.5 Å². The van der Waals surface area contributed by atoms with Crippen molar-refractivity contribution in [2.24, 2.45) is 11.7 Å². The first kappa shape index (κ1) is 25.5. The molecule has 0 radical (unpaired) electrons. The van der Waals surface area contributed by atoms with Crippen molar-refractivity contribution in [1.29, 1.82) is 0 Å². The highest BCUT2D eigenvalue weighted by Gasteiger charge is 2.34. The summed E-state index contributed by atoms with van der Waals surface area (Å²) in [7, 11) is 3.18. The number of amides is 3. The van der Waals surface area contributed by atoms with Gasteiger partial charge in [-0.3, -0.25) is 19.3 Å². The Balaban J connectivity index is 1.31. The summed E-state index contributed by atoms with van der Waals surface area (Å²) >= 11 is 0. The lowest BCUT2D eigenvalue weighted by Crippen LogP contribution is -2.39. The van der Waals surface area contributed by atoms with Gasteiger partial charge in [0.2, 0.25) is 17.7 Å². The summed E-state index contributed by atoms with van der Waals surface area (Å²) in [6.07, 6.45) is 2.59. The molecule has 2 atom stereocenters. The predicted octanol–water partition coefficient (Wildman–Crippen LogP) is 2.18. The van der Waals surface area contributed by atoms with E-state index in [0.29, 0.717) is 43.2 Å². The first-order chi connectivity index (χ1) is 17.4. The van der Waals surface area contributed by atoms with Gasteiger partial charge in [0, 0.05) is 31.7 Å². The highest BCUT2D eigenvalue weighted by atomic mass is 16.5. The first-order valence-electron chi connectivity index (χ1n) is 12.3. The van der Waals surface area contributed by atoms with Crippen molar-refractivity contribution in [2.45, 2.75) is 38.3 Å². The van der Waals surface area contributed by atoms with E-state index < -0.39 is 5.92 Å². The van der Waals surface area contributed by atoms with Gasteiger partial charge < -0.3 is 25.4 Å². The van der Waals surface area contributed by atoms with Crippen LogP contribution in [0.15, 0.2) is 42.5 Å². The Labute approximate surface area is 211 Å². The normalized spacial score (nSPS) is 19.9. The number of likely N-dealkylation sites (tertiary alicyclic amines) is 2. The highest BCUT2D eigenvalue weighted by Crippen LogP contribution is 2.28. The van der Waals surface area contributed by atoms with Crippen LogP contribution in [0.5, 0.6) is 11.5 Å². The van der Waals surface area contributed by atoms with E-state index in [1.165, 1.54) is 0 Å². The smallest absolute Gasteiger partial charge is 0.234 e. The van der Waals surface area contributed by atoms with Crippen molar-refractivity contribution in [3.63, 3.8) is 0 Å². The SMILES string of the molecule is COc1ccc(CCN2CC(C(=O)Nc3cccc(CN4CCCC4C(N)=O)c3)CC2=O)cc1OC. The topological polar surface area (TPSA) is 114 Å². The minimum atomic E-state index is -0.399. The molecule has 36 heavy (non-hydrogen) atoms. The molecule has 2 saturated heterocycles. The molecule has 3 amide bonds. The Morgan fingerprint density at radius 2 is 1.89 bits per heavy atom. The monoisotopic (exact) mass is 494 g/mol. The molecular formula is C27H34N4O5. The van der Waals surface area contributed by atoms with E-state index in [1.807, 2.05) is 42.5 Å². The molecule has 2 aliphatic heterocycles. The molecule has 0 aliphatic carbocycles. The summed E-state index contributed by atoms with van der Waals surface area (Å²) in [5.41, 5.74) is 8.24. The second-order valence-electron chi connectivity index (χ2n) is 9.40. The van der Waals surface area contributed by atoms with Crippen LogP contribution in [-0.2, 0) is 27.3 Å². The van der Waals surface area contributed by atoms with Crippen LogP contribution in [0, 0.1) is 5.92 Å². The number of carbonyl (C=O) groups is 3. The maximum Gasteiger partial charge on any atom is 0.234 e. The van der Waals surface area contributed by atoms with Gasteiger partial charge in [0.05, 0.1) is 26.2 Å². The number of hydrogen-bond acceptors (Lipinski definition) is 6. The van der Waals surface area contributed by atoms with Gasteiger partial charge in [-0.05, 0) is 61.2 Å². The molecule has 2 aliphatic rings. The van der Waals surface area contributed by atoms with Crippen LogP contribution in [-0.4, -0.2) is 67.4 Å². The minimum Gasteiger partial charge on any atom is -0.493 e. The number of carbonyl (C=O) groups excluding carboxylic acids is 3. The average molecular weight is 495 g/mol. The van der Waals surface area contributed by atoms with Crippen LogP contribution in [0.1, 0.15) is 30.4 Å². The fourth-order valence-corrected chi connectivity index (χ4v) is 5.03. The number of nitrogens with zero attached hydrogens (tertiary/aromatic N) is 2. The van der Waals surface area contributed by atoms with E-state index in [1.54, 1.807) is 19.1 Å². The Hall–Kier alpha value is -3.59. The van der Waals surface area contributed by atoms with Crippen molar-refractivity contribution < 1.29 is 23.9 Å². The number of benzene rings is 2. The zero-order chi connectivity index (χ0) is 25.7. The molecule has 2 unspecified atom stereocenters. The van der Waals surface area contributed by atoms with E-state index >= 15 is 0 Å². The van der Waals surface area contributed by atoms with Crippen molar-refractivity contribution in [3.05, 3.63) is 53.6 Å². The molecule has 2 aromatic rings. The molecule has 0 bridgehead atoms. The Morgan fingerprint density at radius 3 is 2.64 bits per heavy atom. The van der Waals surface area contributed by atoms with Crippen molar-refractivity contribution >= 4 is 23.4 Å². The lowest BCUT2D eigenvalue weighted by Gasteiger charge is -2.22. The number of nitrogens with one attached hydrogen (secondary N) is 1. The number of rotatable bonds is 10. The Kier molecular flexibility index (Phi) is 8.10. The van der Waals surface area contributed by atoms with Gasteiger partial charge in [-0.15, -0.1) is 0 Å². The predicted molar refractivity (Wildman–Crippen MR) is 136 cm³/mol. The lowest BCUT2D eigenvalue weighted by molar-refractivity contribution is -0.128. The van der Waals surface area contributed by atoms with E-state index in [4.69, 9.17) is 15.2 Å². The Bertz CT molecular complexity index is 1120. The molecule has 0 spiro atoms. The summed E-state index contributed by atoms with van der Waals surface area (Å²) in [4.78, 5) is 41.0. The molecular weight excluding hydrogens is 460 g/mol. The molecule has 2 fully saturated rings. The first-order valence-corrected chi connectivity index (χ1v) is 12.3. The van der Waals surface area contributed by atoms with Crippen LogP contribution in [0.2, 0.25) is 0 Å². The third kappa shape index (κ3) is 5.96. The minimum absolute atomic E-state index is 0.0177. The maximum atomic E-state index is 12.9. The fraction of sp³-hybridized carbons (Fsp3) is 0.444. The highest BCUT2D eigenvalue weighted by molar-refractivity contribution is 5.97. The molecule has 2 aromatic carbocycles. The maximum absolute atomic E-state index is 12.9. The lowest BCUT2D eigenvalue weighted by atomic mass is 10.1. The summed E-state index contributed by atoms with van der Waals surface area (Å²) < 4.78 is 10.6. The summed E-state index contributed by atoms with van der Waals surface area (Å²) in [6.45, 7) is 2.35. The summed E-state index contributed by atoms with van der Waals surface area (Å²) in [5, 5.41) is 2.97. The molecule has 9 nitrogen and oxygen atoms in total. The van der Waals surface area contributed by atoms with Crippen LogP contribution < -0.4 is 20.5 Å². The number of anilines is 1. The van der Waals surface area contributed by atoms with E-state index in [9.17, 15) is 14.4 Å². The van der Waals surface area contributed by atoms with Gasteiger partial charge in [-0.2, -0.15) is 0 Å². The number of primary amides is 1. The van der Waals surface area contributed by atoms with Gasteiger partial charge in [-0.1, -0.05) is 18.2 Å². The van der Waals surface area contributed by atoms with E-state index in [2.05, 4.69) is 10.2 Å².